The minimum absolute atomic E-state index is 0.549. The second-order valence-corrected chi connectivity index (χ2v) is 3.81. The molecule has 0 fully saturated rings. The smallest absolute Gasteiger partial charge is 0.155 e. The van der Waals surface area contributed by atoms with Crippen LogP contribution in [0.3, 0.4) is 0 Å². The highest BCUT2D eigenvalue weighted by molar-refractivity contribution is 5.75. The Balaban J connectivity index is 2.05. The SMILES string of the molecule is Cc1cccc(CCc2oncc2C=O)c1. The van der Waals surface area contributed by atoms with E-state index < -0.39 is 0 Å². The highest BCUT2D eigenvalue weighted by Crippen LogP contribution is 2.11. The number of hydrogen-bond donors (Lipinski definition) is 0. The minimum Gasteiger partial charge on any atom is -0.361 e. The third kappa shape index (κ3) is 2.37. The number of benzene rings is 1. The molecule has 1 heterocycles. The number of aldehydes is 1. The fraction of sp³-hybridized carbons (Fsp3) is 0.231. The normalized spacial score (nSPS) is 10.3. The lowest BCUT2D eigenvalue weighted by atomic mass is 10.1. The molecule has 0 aliphatic rings. The predicted molar refractivity (Wildman–Crippen MR) is 60.5 cm³/mol. The summed E-state index contributed by atoms with van der Waals surface area (Å²) in [6.45, 7) is 2.06. The van der Waals surface area contributed by atoms with Gasteiger partial charge in [-0.2, -0.15) is 0 Å². The largest absolute Gasteiger partial charge is 0.361 e. The molecule has 0 atom stereocenters. The number of aromatic nitrogens is 1. The summed E-state index contributed by atoms with van der Waals surface area (Å²) in [5.74, 6) is 0.663. The van der Waals surface area contributed by atoms with Gasteiger partial charge in [-0.05, 0) is 18.9 Å². The molecule has 0 saturated carbocycles. The molecule has 3 nitrogen and oxygen atoms in total. The summed E-state index contributed by atoms with van der Waals surface area (Å²) in [6, 6.07) is 8.31. The van der Waals surface area contributed by atoms with Gasteiger partial charge in [-0.15, -0.1) is 0 Å². The number of rotatable bonds is 4. The molecule has 0 spiro atoms. The molecule has 0 aliphatic carbocycles. The molecule has 2 aromatic rings. The zero-order valence-corrected chi connectivity index (χ0v) is 9.14. The van der Waals surface area contributed by atoms with Crippen molar-refractivity contribution < 1.29 is 9.32 Å². The van der Waals surface area contributed by atoms with Gasteiger partial charge in [0.1, 0.15) is 5.76 Å². The maximum atomic E-state index is 10.7. The van der Waals surface area contributed by atoms with Gasteiger partial charge in [0.25, 0.3) is 0 Å². The highest BCUT2D eigenvalue weighted by atomic mass is 16.5. The van der Waals surface area contributed by atoms with Crippen LogP contribution in [0.1, 0.15) is 27.2 Å². The molecule has 0 N–H and O–H groups in total. The summed E-state index contributed by atoms with van der Waals surface area (Å²) >= 11 is 0. The van der Waals surface area contributed by atoms with Crippen LogP contribution in [-0.4, -0.2) is 11.4 Å². The zero-order valence-electron chi connectivity index (χ0n) is 9.14. The second kappa shape index (κ2) is 4.75. The first-order chi connectivity index (χ1) is 7.79. The topological polar surface area (TPSA) is 43.1 Å². The van der Waals surface area contributed by atoms with Gasteiger partial charge in [0.05, 0.1) is 11.8 Å². The van der Waals surface area contributed by atoms with Gasteiger partial charge in [-0.25, -0.2) is 0 Å². The van der Waals surface area contributed by atoms with Crippen molar-refractivity contribution in [2.45, 2.75) is 19.8 Å². The Morgan fingerprint density at radius 1 is 1.38 bits per heavy atom. The van der Waals surface area contributed by atoms with Crippen molar-refractivity contribution in [1.29, 1.82) is 0 Å². The van der Waals surface area contributed by atoms with Crippen LogP contribution in [0, 0.1) is 6.92 Å². The first kappa shape index (κ1) is 10.6. The third-order valence-electron chi connectivity index (χ3n) is 2.53. The molecule has 1 aromatic carbocycles. The Labute approximate surface area is 94.1 Å². The van der Waals surface area contributed by atoms with Crippen molar-refractivity contribution in [2.24, 2.45) is 0 Å². The summed E-state index contributed by atoms with van der Waals surface area (Å²) in [6.07, 6.45) is 3.80. The van der Waals surface area contributed by atoms with E-state index in [1.165, 1.54) is 17.3 Å². The Morgan fingerprint density at radius 2 is 2.25 bits per heavy atom. The molecule has 0 amide bonds. The van der Waals surface area contributed by atoms with Gasteiger partial charge < -0.3 is 4.52 Å². The average molecular weight is 215 g/mol. The fourth-order valence-corrected chi connectivity index (χ4v) is 1.68. The van der Waals surface area contributed by atoms with E-state index in [1.807, 2.05) is 6.07 Å². The average Bonchev–Trinajstić information content (AvgIpc) is 2.74. The van der Waals surface area contributed by atoms with Crippen molar-refractivity contribution in [3.8, 4) is 0 Å². The van der Waals surface area contributed by atoms with Crippen LogP contribution in [0.25, 0.3) is 0 Å². The molecular weight excluding hydrogens is 202 g/mol. The minimum atomic E-state index is 0.549. The molecule has 82 valence electrons. The van der Waals surface area contributed by atoms with Gasteiger partial charge in [0.2, 0.25) is 0 Å². The summed E-state index contributed by atoms with van der Waals surface area (Å²) in [5, 5.41) is 3.62. The monoisotopic (exact) mass is 215 g/mol. The van der Waals surface area contributed by atoms with Crippen molar-refractivity contribution in [2.75, 3.05) is 0 Å². The van der Waals surface area contributed by atoms with Crippen molar-refractivity contribution in [1.82, 2.24) is 5.16 Å². The lowest BCUT2D eigenvalue weighted by molar-refractivity contribution is 0.112. The van der Waals surface area contributed by atoms with E-state index in [2.05, 4.69) is 30.3 Å². The molecule has 1 aromatic heterocycles. The lowest BCUT2D eigenvalue weighted by Crippen LogP contribution is -1.93. The Kier molecular flexibility index (Phi) is 3.15. The lowest BCUT2D eigenvalue weighted by Gasteiger charge is -2.00. The molecule has 0 aliphatic heterocycles. The molecule has 0 unspecified atom stereocenters. The van der Waals surface area contributed by atoms with E-state index in [0.29, 0.717) is 17.7 Å². The number of hydrogen-bond acceptors (Lipinski definition) is 3. The molecule has 0 radical (unpaired) electrons. The Bertz CT molecular complexity index is 488. The van der Waals surface area contributed by atoms with E-state index in [9.17, 15) is 4.79 Å². The third-order valence-corrected chi connectivity index (χ3v) is 2.53. The second-order valence-electron chi connectivity index (χ2n) is 3.81. The van der Waals surface area contributed by atoms with Crippen LogP contribution in [0.15, 0.2) is 35.0 Å². The summed E-state index contributed by atoms with van der Waals surface area (Å²) < 4.78 is 5.03. The fourth-order valence-electron chi connectivity index (χ4n) is 1.68. The molecule has 2 rings (SSSR count). The zero-order chi connectivity index (χ0) is 11.4. The van der Waals surface area contributed by atoms with Crippen LogP contribution in [0.4, 0.5) is 0 Å². The van der Waals surface area contributed by atoms with E-state index in [1.54, 1.807) is 0 Å². The van der Waals surface area contributed by atoms with Crippen molar-refractivity contribution in [3.63, 3.8) is 0 Å². The van der Waals surface area contributed by atoms with Crippen LogP contribution in [-0.2, 0) is 12.8 Å². The number of nitrogens with zero attached hydrogens (tertiary/aromatic N) is 1. The summed E-state index contributed by atoms with van der Waals surface area (Å²) in [7, 11) is 0. The van der Waals surface area contributed by atoms with E-state index in [0.717, 1.165) is 12.7 Å². The van der Waals surface area contributed by atoms with Gasteiger partial charge in [-0.1, -0.05) is 35.0 Å². The molecule has 0 bridgehead atoms. The number of aryl methyl sites for hydroxylation is 3. The van der Waals surface area contributed by atoms with Crippen LogP contribution in [0.2, 0.25) is 0 Å². The first-order valence-corrected chi connectivity index (χ1v) is 5.24. The van der Waals surface area contributed by atoms with Crippen LogP contribution in [0.5, 0.6) is 0 Å². The van der Waals surface area contributed by atoms with E-state index >= 15 is 0 Å². The van der Waals surface area contributed by atoms with Gasteiger partial charge in [0, 0.05) is 6.42 Å². The van der Waals surface area contributed by atoms with Gasteiger partial charge >= 0.3 is 0 Å². The molecule has 3 heteroatoms. The molecule has 0 saturated heterocycles. The first-order valence-electron chi connectivity index (χ1n) is 5.24. The standard InChI is InChI=1S/C13H13NO2/c1-10-3-2-4-11(7-10)5-6-13-12(9-15)8-14-16-13/h2-4,7-9H,5-6H2,1H3. The van der Waals surface area contributed by atoms with E-state index in [4.69, 9.17) is 4.52 Å². The predicted octanol–water partition coefficient (Wildman–Crippen LogP) is 2.58. The van der Waals surface area contributed by atoms with E-state index in [-0.39, 0.29) is 0 Å². The molecular formula is C13H13NO2. The maximum Gasteiger partial charge on any atom is 0.155 e. The number of carbonyl (C=O) groups is 1. The Morgan fingerprint density at radius 3 is 3.00 bits per heavy atom. The van der Waals surface area contributed by atoms with Crippen molar-refractivity contribution in [3.05, 3.63) is 52.9 Å². The number of carbonyl (C=O) groups excluding carboxylic acids is 1. The quantitative estimate of drug-likeness (QED) is 0.736. The van der Waals surface area contributed by atoms with Gasteiger partial charge in [0.15, 0.2) is 6.29 Å². The molecule has 16 heavy (non-hydrogen) atoms. The summed E-state index contributed by atoms with van der Waals surface area (Å²) in [5.41, 5.74) is 3.03. The van der Waals surface area contributed by atoms with Crippen molar-refractivity contribution >= 4 is 6.29 Å². The van der Waals surface area contributed by atoms with Crippen LogP contribution < -0.4 is 0 Å². The Hall–Kier alpha value is -1.90. The van der Waals surface area contributed by atoms with Crippen LogP contribution >= 0.6 is 0 Å². The maximum absolute atomic E-state index is 10.7. The van der Waals surface area contributed by atoms with Gasteiger partial charge in [-0.3, -0.25) is 4.79 Å². The highest BCUT2D eigenvalue weighted by Gasteiger charge is 2.06. The summed E-state index contributed by atoms with van der Waals surface area (Å²) in [4.78, 5) is 10.7.